The molecule has 1 saturated heterocycles. The smallest absolute Gasteiger partial charge is 0.0705 e. The number of aliphatic hydroxyl groups excluding tert-OH is 1. The Morgan fingerprint density at radius 1 is 1.26 bits per heavy atom. The predicted molar refractivity (Wildman–Crippen MR) is 101 cm³/mol. The normalized spacial score (nSPS) is 18.7. The van der Waals surface area contributed by atoms with Gasteiger partial charge in [0.15, 0.2) is 0 Å². The van der Waals surface area contributed by atoms with Crippen LogP contribution in [0.4, 0.5) is 0 Å². The average molecular weight is 330 g/mol. The van der Waals surface area contributed by atoms with Gasteiger partial charge in [0, 0.05) is 29.4 Å². The Labute approximate surface area is 143 Å². The molecule has 1 aromatic carbocycles. The summed E-state index contributed by atoms with van der Waals surface area (Å²) in [7, 11) is 0. The summed E-state index contributed by atoms with van der Waals surface area (Å²) in [6, 6.07) is 9.01. The number of hydrogen-bond donors (Lipinski definition) is 1. The zero-order valence-corrected chi connectivity index (χ0v) is 15.2. The maximum atomic E-state index is 9.22. The molecule has 0 aliphatic carbocycles. The predicted octanol–water partition coefficient (Wildman–Crippen LogP) is 4.68. The van der Waals surface area contributed by atoms with Gasteiger partial charge in [0.1, 0.15) is 0 Å². The van der Waals surface area contributed by atoms with E-state index in [1.54, 1.807) is 0 Å². The first kappa shape index (κ1) is 16.8. The largest absolute Gasteiger partial charge is 0.396 e. The van der Waals surface area contributed by atoms with Crippen molar-refractivity contribution in [3.05, 3.63) is 41.1 Å². The van der Waals surface area contributed by atoms with Crippen LogP contribution < -0.4 is 0 Å². The van der Waals surface area contributed by atoms with Crippen LogP contribution in [0.25, 0.3) is 10.9 Å². The highest BCUT2D eigenvalue weighted by Gasteiger charge is 2.23. The second-order valence-corrected chi connectivity index (χ2v) is 8.73. The number of nitrogens with zero attached hydrogens (tertiary/aromatic N) is 1. The summed E-state index contributed by atoms with van der Waals surface area (Å²) in [6.45, 7) is 6.99. The summed E-state index contributed by atoms with van der Waals surface area (Å²) in [4.78, 5) is 5.04. The highest BCUT2D eigenvalue weighted by Crippen LogP contribution is 2.35. The third-order valence-electron chi connectivity index (χ3n) is 4.71. The third kappa shape index (κ3) is 3.72. The summed E-state index contributed by atoms with van der Waals surface area (Å²) >= 11 is 2.03. The van der Waals surface area contributed by atoms with Gasteiger partial charge in [0.25, 0.3) is 0 Å². The Morgan fingerprint density at radius 2 is 2.09 bits per heavy atom. The SMILES string of the molecule is CC(C)(C)c1ccc2nc(C3CCSC3)c(CCCO)cc2c1. The molecule has 3 rings (SSSR count). The van der Waals surface area contributed by atoms with Gasteiger partial charge in [-0.1, -0.05) is 26.8 Å². The van der Waals surface area contributed by atoms with Crippen molar-refractivity contribution >= 4 is 22.7 Å². The van der Waals surface area contributed by atoms with Crippen LogP contribution in [-0.4, -0.2) is 28.2 Å². The maximum Gasteiger partial charge on any atom is 0.0705 e. The molecule has 1 aliphatic heterocycles. The lowest BCUT2D eigenvalue weighted by Crippen LogP contribution is -2.11. The van der Waals surface area contributed by atoms with Crippen molar-refractivity contribution in [2.75, 3.05) is 18.1 Å². The lowest BCUT2D eigenvalue weighted by Gasteiger charge is -2.20. The van der Waals surface area contributed by atoms with Crippen molar-refractivity contribution in [3.8, 4) is 0 Å². The molecule has 124 valence electrons. The third-order valence-corrected chi connectivity index (χ3v) is 5.88. The van der Waals surface area contributed by atoms with Crippen molar-refractivity contribution in [2.24, 2.45) is 0 Å². The van der Waals surface area contributed by atoms with Crippen molar-refractivity contribution in [1.29, 1.82) is 0 Å². The zero-order valence-electron chi connectivity index (χ0n) is 14.4. The number of hydrogen-bond acceptors (Lipinski definition) is 3. The lowest BCUT2D eigenvalue weighted by atomic mass is 9.86. The number of aliphatic hydroxyl groups is 1. The van der Waals surface area contributed by atoms with Gasteiger partial charge in [-0.2, -0.15) is 11.8 Å². The first-order valence-corrected chi connectivity index (χ1v) is 9.77. The molecule has 1 aromatic heterocycles. The lowest BCUT2D eigenvalue weighted by molar-refractivity contribution is 0.288. The summed E-state index contributed by atoms with van der Waals surface area (Å²) in [5.41, 5.74) is 5.23. The zero-order chi connectivity index (χ0) is 16.4. The highest BCUT2D eigenvalue weighted by atomic mass is 32.2. The van der Waals surface area contributed by atoms with E-state index in [0.717, 1.165) is 18.4 Å². The van der Waals surface area contributed by atoms with E-state index in [-0.39, 0.29) is 12.0 Å². The average Bonchev–Trinajstić information content (AvgIpc) is 3.04. The summed E-state index contributed by atoms with van der Waals surface area (Å²) in [5.74, 6) is 3.01. The second-order valence-electron chi connectivity index (χ2n) is 7.58. The molecule has 1 fully saturated rings. The topological polar surface area (TPSA) is 33.1 Å². The van der Waals surface area contributed by atoms with E-state index >= 15 is 0 Å². The van der Waals surface area contributed by atoms with Crippen LogP contribution in [0.5, 0.6) is 0 Å². The number of fused-ring (bicyclic) bond motifs is 1. The molecule has 0 saturated carbocycles. The minimum atomic E-state index is 0.153. The van der Waals surface area contributed by atoms with Crippen LogP contribution in [-0.2, 0) is 11.8 Å². The van der Waals surface area contributed by atoms with Crippen molar-refractivity contribution in [1.82, 2.24) is 4.98 Å². The van der Waals surface area contributed by atoms with Gasteiger partial charge in [-0.05, 0) is 59.8 Å². The molecule has 0 spiro atoms. The molecule has 3 heteroatoms. The van der Waals surface area contributed by atoms with Gasteiger partial charge in [0.2, 0.25) is 0 Å². The number of thioether (sulfide) groups is 1. The van der Waals surface area contributed by atoms with Crippen LogP contribution >= 0.6 is 11.8 Å². The Kier molecular flexibility index (Phi) is 4.98. The Morgan fingerprint density at radius 3 is 2.74 bits per heavy atom. The number of pyridine rings is 1. The van der Waals surface area contributed by atoms with Gasteiger partial charge in [-0.15, -0.1) is 0 Å². The summed E-state index contributed by atoms with van der Waals surface area (Å²) in [5, 5.41) is 10.5. The summed E-state index contributed by atoms with van der Waals surface area (Å²) < 4.78 is 0. The van der Waals surface area contributed by atoms with E-state index in [2.05, 4.69) is 45.0 Å². The number of aromatic nitrogens is 1. The van der Waals surface area contributed by atoms with Crippen molar-refractivity contribution < 1.29 is 5.11 Å². The minimum Gasteiger partial charge on any atom is -0.396 e. The van der Waals surface area contributed by atoms with Gasteiger partial charge in [-0.3, -0.25) is 4.98 Å². The number of benzene rings is 1. The molecule has 0 bridgehead atoms. The molecule has 2 heterocycles. The molecule has 2 nitrogen and oxygen atoms in total. The molecule has 1 atom stereocenters. The van der Waals surface area contributed by atoms with E-state index in [1.807, 2.05) is 11.8 Å². The van der Waals surface area contributed by atoms with Crippen LogP contribution in [0, 0.1) is 0 Å². The molecule has 0 amide bonds. The molecular weight excluding hydrogens is 302 g/mol. The molecular formula is C20H27NOS. The van der Waals surface area contributed by atoms with Crippen molar-refractivity contribution in [3.63, 3.8) is 0 Å². The Hall–Kier alpha value is -1.06. The molecule has 2 aromatic rings. The Bertz CT molecular complexity index is 684. The first-order valence-electron chi connectivity index (χ1n) is 8.61. The second kappa shape index (κ2) is 6.82. The van der Waals surface area contributed by atoms with Gasteiger partial charge >= 0.3 is 0 Å². The Balaban J connectivity index is 2.07. The van der Waals surface area contributed by atoms with Gasteiger partial charge < -0.3 is 5.11 Å². The molecule has 23 heavy (non-hydrogen) atoms. The van der Waals surface area contributed by atoms with E-state index in [1.165, 1.54) is 40.1 Å². The molecule has 1 N–H and O–H groups in total. The van der Waals surface area contributed by atoms with E-state index in [9.17, 15) is 5.11 Å². The minimum absolute atomic E-state index is 0.153. The fourth-order valence-electron chi connectivity index (χ4n) is 3.28. The molecule has 0 radical (unpaired) electrons. The number of aryl methyl sites for hydroxylation is 1. The quantitative estimate of drug-likeness (QED) is 0.884. The van der Waals surface area contributed by atoms with Crippen LogP contribution in [0.2, 0.25) is 0 Å². The van der Waals surface area contributed by atoms with Gasteiger partial charge in [0.05, 0.1) is 5.52 Å². The highest BCUT2D eigenvalue weighted by molar-refractivity contribution is 7.99. The monoisotopic (exact) mass is 329 g/mol. The van der Waals surface area contributed by atoms with Gasteiger partial charge in [-0.25, -0.2) is 0 Å². The maximum absolute atomic E-state index is 9.22. The van der Waals surface area contributed by atoms with Crippen LogP contribution in [0.3, 0.4) is 0 Å². The number of rotatable bonds is 4. The first-order chi connectivity index (χ1) is 11.0. The fraction of sp³-hybridized carbons (Fsp3) is 0.550. The van der Waals surface area contributed by atoms with Crippen LogP contribution in [0.1, 0.15) is 56.4 Å². The van der Waals surface area contributed by atoms with E-state index in [0.29, 0.717) is 5.92 Å². The van der Waals surface area contributed by atoms with Crippen molar-refractivity contribution in [2.45, 2.75) is 51.4 Å². The molecule has 1 aliphatic rings. The standard InChI is InChI=1S/C20H27NOS/c1-20(2,3)17-6-7-18-16(12-17)11-14(5-4-9-22)19(21-18)15-8-10-23-13-15/h6-7,11-12,15,22H,4-5,8-10,13H2,1-3H3. The van der Waals surface area contributed by atoms with E-state index < -0.39 is 0 Å². The molecule has 1 unspecified atom stereocenters. The fourth-order valence-corrected chi connectivity index (χ4v) is 4.50. The summed E-state index contributed by atoms with van der Waals surface area (Å²) in [6.07, 6.45) is 2.98. The van der Waals surface area contributed by atoms with E-state index in [4.69, 9.17) is 4.98 Å². The van der Waals surface area contributed by atoms with Crippen LogP contribution in [0.15, 0.2) is 24.3 Å².